The summed E-state index contributed by atoms with van der Waals surface area (Å²) in [6, 6.07) is 4.12. The summed E-state index contributed by atoms with van der Waals surface area (Å²) in [6.45, 7) is 3.38. The molecular weight excluding hydrogens is 312 g/mol. The molecule has 0 radical (unpaired) electrons. The second kappa shape index (κ2) is 4.31. The first kappa shape index (κ1) is 10.6. The minimum absolute atomic E-state index is 0.237. The van der Waals surface area contributed by atoms with Crippen molar-refractivity contribution >= 4 is 31.9 Å². The number of hydrogen-bond donors (Lipinski definition) is 0. The fraction of sp³-hybridized carbons (Fsp3) is 0.400. The van der Waals surface area contributed by atoms with Gasteiger partial charge in [0.2, 0.25) is 0 Å². The van der Waals surface area contributed by atoms with Crippen molar-refractivity contribution in [2.24, 2.45) is 0 Å². The van der Waals surface area contributed by atoms with E-state index >= 15 is 0 Å². The average Bonchev–Trinajstić information content (AvgIpc) is 2.54. The van der Waals surface area contributed by atoms with Crippen LogP contribution in [0.3, 0.4) is 0 Å². The maximum Gasteiger partial charge on any atom is 0.186 e. The molecule has 0 spiro atoms. The number of aryl methyl sites for hydroxylation is 1. The molecule has 1 saturated heterocycles. The Bertz CT molecular complexity index is 323. The molecule has 76 valence electrons. The molecule has 1 heterocycles. The Morgan fingerprint density at radius 1 is 1.14 bits per heavy atom. The van der Waals surface area contributed by atoms with Gasteiger partial charge in [0, 0.05) is 14.5 Å². The molecule has 0 N–H and O–H groups in total. The van der Waals surface area contributed by atoms with E-state index in [1.165, 1.54) is 5.56 Å². The standard InChI is InChI=1S/C10H10Br2O2/c1-6-4-7(11)9(8(12)5-6)10-13-2-3-14-10/h4-5,10H,2-3H2,1H3. The largest absolute Gasteiger partial charge is 0.346 e. The predicted octanol–water partition coefficient (Wildman–Crippen LogP) is 3.57. The van der Waals surface area contributed by atoms with Gasteiger partial charge in [0.15, 0.2) is 6.29 Å². The van der Waals surface area contributed by atoms with Gasteiger partial charge in [0.05, 0.1) is 13.2 Å². The molecule has 14 heavy (non-hydrogen) atoms. The van der Waals surface area contributed by atoms with Gasteiger partial charge in [0.25, 0.3) is 0 Å². The third-order valence-corrected chi connectivity index (χ3v) is 3.39. The van der Waals surface area contributed by atoms with Crippen LogP contribution in [0.4, 0.5) is 0 Å². The number of hydrogen-bond acceptors (Lipinski definition) is 2. The van der Waals surface area contributed by atoms with Crippen molar-refractivity contribution in [3.63, 3.8) is 0 Å². The summed E-state index contributed by atoms with van der Waals surface area (Å²) in [7, 11) is 0. The summed E-state index contributed by atoms with van der Waals surface area (Å²) in [5, 5.41) is 0. The van der Waals surface area contributed by atoms with Crippen LogP contribution in [-0.4, -0.2) is 13.2 Å². The minimum Gasteiger partial charge on any atom is -0.346 e. The summed E-state index contributed by atoms with van der Waals surface area (Å²) in [6.07, 6.45) is -0.237. The van der Waals surface area contributed by atoms with E-state index in [4.69, 9.17) is 9.47 Å². The first-order valence-electron chi connectivity index (χ1n) is 4.37. The van der Waals surface area contributed by atoms with Gasteiger partial charge >= 0.3 is 0 Å². The molecule has 4 heteroatoms. The SMILES string of the molecule is Cc1cc(Br)c(C2OCCO2)c(Br)c1. The molecule has 0 unspecified atom stereocenters. The van der Waals surface area contributed by atoms with Crippen LogP contribution in [0.25, 0.3) is 0 Å². The van der Waals surface area contributed by atoms with Crippen molar-refractivity contribution in [1.82, 2.24) is 0 Å². The normalized spacial score (nSPS) is 17.6. The summed E-state index contributed by atoms with van der Waals surface area (Å²) < 4.78 is 13.0. The van der Waals surface area contributed by atoms with Gasteiger partial charge in [-0.25, -0.2) is 0 Å². The van der Waals surface area contributed by atoms with Gasteiger partial charge in [-0.05, 0) is 24.6 Å². The summed E-state index contributed by atoms with van der Waals surface area (Å²) in [5.74, 6) is 0. The van der Waals surface area contributed by atoms with E-state index in [2.05, 4.69) is 50.9 Å². The molecule has 1 aliphatic heterocycles. The van der Waals surface area contributed by atoms with E-state index in [0.717, 1.165) is 14.5 Å². The van der Waals surface area contributed by atoms with Gasteiger partial charge in [-0.15, -0.1) is 0 Å². The highest BCUT2D eigenvalue weighted by Gasteiger charge is 2.23. The quantitative estimate of drug-likeness (QED) is 0.787. The zero-order valence-electron chi connectivity index (χ0n) is 7.72. The molecule has 2 nitrogen and oxygen atoms in total. The molecule has 1 aliphatic rings. The zero-order valence-corrected chi connectivity index (χ0v) is 10.9. The van der Waals surface area contributed by atoms with Gasteiger partial charge in [-0.2, -0.15) is 0 Å². The zero-order chi connectivity index (χ0) is 10.1. The van der Waals surface area contributed by atoms with Crippen molar-refractivity contribution in [2.45, 2.75) is 13.2 Å². The summed E-state index contributed by atoms with van der Waals surface area (Å²) in [4.78, 5) is 0. The first-order chi connectivity index (χ1) is 6.68. The second-order valence-corrected chi connectivity index (χ2v) is 4.92. The van der Waals surface area contributed by atoms with Crippen LogP contribution in [-0.2, 0) is 9.47 Å². The van der Waals surface area contributed by atoms with E-state index in [0.29, 0.717) is 13.2 Å². The van der Waals surface area contributed by atoms with Crippen LogP contribution in [0.15, 0.2) is 21.1 Å². The fourth-order valence-electron chi connectivity index (χ4n) is 1.46. The van der Waals surface area contributed by atoms with E-state index in [1.54, 1.807) is 0 Å². The predicted molar refractivity (Wildman–Crippen MR) is 61.2 cm³/mol. The summed E-state index contributed by atoms with van der Waals surface area (Å²) in [5.41, 5.74) is 2.23. The Morgan fingerprint density at radius 2 is 1.64 bits per heavy atom. The van der Waals surface area contributed by atoms with Crippen molar-refractivity contribution in [2.75, 3.05) is 13.2 Å². The smallest absolute Gasteiger partial charge is 0.186 e. The fourth-order valence-corrected chi connectivity index (χ4v) is 3.25. The van der Waals surface area contributed by atoms with Crippen molar-refractivity contribution in [3.8, 4) is 0 Å². The van der Waals surface area contributed by atoms with E-state index in [-0.39, 0.29) is 6.29 Å². The third-order valence-electron chi connectivity index (χ3n) is 2.08. The molecule has 0 aromatic heterocycles. The van der Waals surface area contributed by atoms with Crippen molar-refractivity contribution in [1.29, 1.82) is 0 Å². The summed E-state index contributed by atoms with van der Waals surface area (Å²) >= 11 is 7.04. The Hall–Kier alpha value is 0.1000. The number of benzene rings is 1. The highest BCUT2D eigenvalue weighted by atomic mass is 79.9. The Labute approximate surface area is 99.8 Å². The van der Waals surface area contributed by atoms with Gasteiger partial charge in [-0.3, -0.25) is 0 Å². The van der Waals surface area contributed by atoms with Crippen LogP contribution in [0, 0.1) is 6.92 Å². The lowest BCUT2D eigenvalue weighted by molar-refractivity contribution is -0.0451. The maximum atomic E-state index is 5.46. The van der Waals surface area contributed by atoms with Crippen LogP contribution in [0.5, 0.6) is 0 Å². The number of ether oxygens (including phenoxy) is 2. The maximum absolute atomic E-state index is 5.46. The molecule has 1 aromatic carbocycles. The molecule has 0 atom stereocenters. The molecular formula is C10H10Br2O2. The van der Waals surface area contributed by atoms with Crippen LogP contribution in [0.1, 0.15) is 17.4 Å². The monoisotopic (exact) mass is 320 g/mol. The highest BCUT2D eigenvalue weighted by molar-refractivity contribution is 9.11. The molecule has 2 rings (SSSR count). The lowest BCUT2D eigenvalue weighted by atomic mass is 10.1. The van der Waals surface area contributed by atoms with E-state index in [1.807, 2.05) is 0 Å². The molecule has 0 amide bonds. The van der Waals surface area contributed by atoms with E-state index in [9.17, 15) is 0 Å². The second-order valence-electron chi connectivity index (χ2n) is 3.22. The first-order valence-corrected chi connectivity index (χ1v) is 5.96. The highest BCUT2D eigenvalue weighted by Crippen LogP contribution is 2.36. The Balaban J connectivity index is 2.40. The number of rotatable bonds is 1. The lowest BCUT2D eigenvalue weighted by Gasteiger charge is -2.14. The van der Waals surface area contributed by atoms with Gasteiger partial charge in [0.1, 0.15) is 0 Å². The Kier molecular flexibility index (Phi) is 3.27. The topological polar surface area (TPSA) is 18.5 Å². The van der Waals surface area contributed by atoms with Crippen molar-refractivity contribution < 1.29 is 9.47 Å². The lowest BCUT2D eigenvalue weighted by Crippen LogP contribution is -2.00. The number of halogens is 2. The van der Waals surface area contributed by atoms with Gasteiger partial charge < -0.3 is 9.47 Å². The molecule has 0 saturated carbocycles. The minimum atomic E-state index is -0.237. The molecule has 1 aromatic rings. The van der Waals surface area contributed by atoms with Crippen LogP contribution in [0.2, 0.25) is 0 Å². The molecule has 0 aliphatic carbocycles. The third kappa shape index (κ3) is 2.03. The van der Waals surface area contributed by atoms with Crippen LogP contribution < -0.4 is 0 Å². The molecule has 0 bridgehead atoms. The van der Waals surface area contributed by atoms with Gasteiger partial charge in [-0.1, -0.05) is 31.9 Å². The molecule has 1 fully saturated rings. The van der Waals surface area contributed by atoms with Crippen molar-refractivity contribution in [3.05, 3.63) is 32.2 Å². The average molecular weight is 322 g/mol. The Morgan fingerprint density at radius 3 is 2.14 bits per heavy atom. The van der Waals surface area contributed by atoms with E-state index < -0.39 is 0 Å². The van der Waals surface area contributed by atoms with Crippen LogP contribution >= 0.6 is 31.9 Å².